The molecule has 2 rings (SSSR count). The van der Waals surface area contributed by atoms with Gasteiger partial charge in [-0.25, -0.2) is 5.43 Å². The quantitative estimate of drug-likeness (QED) is 0.285. The Labute approximate surface area is 142 Å². The lowest BCUT2D eigenvalue weighted by Gasteiger charge is -2.11. The molecular weight excluding hydrogens is 360 g/mol. The minimum absolute atomic E-state index is 0.0701. The Hall–Kier alpha value is -2.46. The van der Waals surface area contributed by atoms with Crippen molar-refractivity contribution < 1.29 is 9.32 Å². The lowest BCUT2D eigenvalue weighted by atomic mass is 9.93. The number of nitrogens with zero attached hydrogens (tertiary/aromatic N) is 3. The van der Waals surface area contributed by atoms with Crippen molar-refractivity contribution in [3.8, 4) is 0 Å². The number of hydrogen-bond acceptors (Lipinski definition) is 5. The summed E-state index contributed by atoms with van der Waals surface area (Å²) in [7, 11) is 0. The number of anilines is 1. The molecule has 0 bridgehead atoms. The van der Waals surface area contributed by atoms with Crippen LogP contribution in [0.4, 0.5) is 5.69 Å². The Morgan fingerprint density at radius 1 is 1.39 bits per heavy atom. The molecule has 0 aliphatic rings. The van der Waals surface area contributed by atoms with Crippen LogP contribution in [0, 0.1) is 6.57 Å². The molecule has 23 heavy (non-hydrogen) atoms. The first-order valence-corrected chi connectivity index (χ1v) is 7.59. The second kappa shape index (κ2) is 6.75. The third-order valence-electron chi connectivity index (χ3n) is 2.91. The maximum Gasteiger partial charge on any atom is 0.343 e. The van der Waals surface area contributed by atoms with E-state index < -0.39 is 5.78 Å². The largest absolute Gasteiger partial charge is 0.360 e. The molecule has 1 heterocycles. The molecule has 0 saturated heterocycles. The van der Waals surface area contributed by atoms with Gasteiger partial charge in [-0.3, -0.25) is 4.79 Å². The van der Waals surface area contributed by atoms with Gasteiger partial charge in [0.05, 0.1) is 5.69 Å². The highest BCUT2D eigenvalue weighted by atomic mass is 79.9. The molecule has 6 nitrogen and oxygen atoms in total. The van der Waals surface area contributed by atoms with Crippen molar-refractivity contribution in [2.75, 3.05) is 5.43 Å². The molecule has 1 N–H and O–H groups in total. The summed E-state index contributed by atoms with van der Waals surface area (Å²) in [6.07, 6.45) is 0. The van der Waals surface area contributed by atoms with E-state index in [2.05, 4.69) is 36.5 Å². The summed E-state index contributed by atoms with van der Waals surface area (Å²) in [5, 5.41) is 7.60. The van der Waals surface area contributed by atoms with Crippen LogP contribution in [-0.4, -0.2) is 16.8 Å². The fraction of sp³-hybridized carbons (Fsp3) is 0.250. The molecule has 7 heteroatoms. The van der Waals surface area contributed by atoms with Crippen LogP contribution in [0.1, 0.15) is 37.0 Å². The number of amidine groups is 1. The summed E-state index contributed by atoms with van der Waals surface area (Å²) in [4.78, 5) is 15.5. The van der Waals surface area contributed by atoms with E-state index in [1.807, 2.05) is 32.9 Å². The molecule has 2 aromatic rings. The third-order valence-corrected chi connectivity index (χ3v) is 3.40. The highest BCUT2D eigenvalue weighted by molar-refractivity contribution is 9.10. The van der Waals surface area contributed by atoms with E-state index in [9.17, 15) is 4.79 Å². The number of hydrazone groups is 1. The fourth-order valence-electron chi connectivity index (χ4n) is 1.65. The maximum atomic E-state index is 12.3. The third kappa shape index (κ3) is 4.27. The van der Waals surface area contributed by atoms with Gasteiger partial charge in [0, 0.05) is 16.0 Å². The predicted octanol–water partition coefficient (Wildman–Crippen LogP) is 4.26. The molecule has 1 aromatic carbocycles. The second-order valence-electron chi connectivity index (χ2n) is 5.82. The summed E-state index contributed by atoms with van der Waals surface area (Å²) in [5.41, 5.74) is 3.15. The Bertz CT molecular complexity index is 797. The average Bonchev–Trinajstić information content (AvgIpc) is 2.97. The number of Topliss-reactive ketones (excluding diaryl/α,β-unsaturated/α-hetero) is 1. The van der Waals surface area contributed by atoms with Crippen molar-refractivity contribution in [3.63, 3.8) is 0 Å². The minimum Gasteiger partial charge on any atom is -0.360 e. The highest BCUT2D eigenvalue weighted by Crippen LogP contribution is 2.23. The van der Waals surface area contributed by atoms with Crippen LogP contribution in [0.2, 0.25) is 0 Å². The fourth-order valence-corrected chi connectivity index (χ4v) is 2.05. The van der Waals surface area contributed by atoms with E-state index >= 15 is 0 Å². The summed E-state index contributed by atoms with van der Waals surface area (Å²) >= 11 is 3.33. The first-order valence-electron chi connectivity index (χ1n) is 6.80. The Morgan fingerprint density at radius 2 is 2.13 bits per heavy atom. The van der Waals surface area contributed by atoms with Crippen molar-refractivity contribution in [1.82, 2.24) is 5.16 Å². The number of aromatic nitrogens is 1. The van der Waals surface area contributed by atoms with Gasteiger partial charge in [-0.2, -0.15) is 0 Å². The molecule has 0 fully saturated rings. The number of carbonyl (C=O) groups is 1. The number of halogens is 1. The molecular formula is C16H15BrN4O2. The first-order chi connectivity index (χ1) is 10.8. The van der Waals surface area contributed by atoms with E-state index in [0.29, 0.717) is 11.4 Å². The van der Waals surface area contributed by atoms with E-state index in [0.717, 1.165) is 4.47 Å². The molecule has 0 aliphatic heterocycles. The SMILES string of the molecule is [C-]#[N+]/C(=N/Nc1cccc(Br)c1)C(=O)c1cc(C(C)(C)C)on1. The zero-order valence-corrected chi connectivity index (χ0v) is 14.5. The van der Waals surface area contributed by atoms with E-state index in [1.54, 1.807) is 18.2 Å². The molecule has 0 radical (unpaired) electrons. The van der Waals surface area contributed by atoms with E-state index in [1.165, 1.54) is 0 Å². The molecule has 0 amide bonds. The summed E-state index contributed by atoms with van der Waals surface area (Å²) in [6, 6.07) is 8.77. The van der Waals surface area contributed by atoms with Gasteiger partial charge in [-0.05, 0) is 23.3 Å². The standard InChI is InChI=1S/C16H15BrN4O2/c1-16(2,3)13-9-12(21-23-13)14(22)15(18-4)20-19-11-7-5-6-10(17)8-11/h5-9,19H,1-3H3/b20-15+. The second-order valence-corrected chi connectivity index (χ2v) is 6.74. The minimum atomic E-state index is -0.582. The van der Waals surface area contributed by atoms with Gasteiger partial charge in [-0.15, -0.1) is 0 Å². The number of carbonyl (C=O) groups excluding carboxylic acids is 1. The molecule has 0 atom stereocenters. The van der Waals surface area contributed by atoms with Crippen molar-refractivity contribution >= 4 is 33.2 Å². The van der Waals surface area contributed by atoms with Gasteiger partial charge in [-0.1, -0.05) is 54.5 Å². The molecule has 0 saturated carbocycles. The monoisotopic (exact) mass is 374 g/mol. The van der Waals surface area contributed by atoms with E-state index in [-0.39, 0.29) is 16.9 Å². The Kier molecular flexibility index (Phi) is 4.96. The van der Waals surface area contributed by atoms with Crippen LogP contribution in [0.15, 0.2) is 44.4 Å². The van der Waals surface area contributed by atoms with E-state index in [4.69, 9.17) is 11.1 Å². The molecule has 0 aliphatic carbocycles. The highest BCUT2D eigenvalue weighted by Gasteiger charge is 2.24. The topological polar surface area (TPSA) is 71.8 Å². The van der Waals surface area contributed by atoms with Crippen LogP contribution in [0.25, 0.3) is 4.85 Å². The van der Waals surface area contributed by atoms with Crippen LogP contribution in [-0.2, 0) is 5.41 Å². The van der Waals surface area contributed by atoms with Gasteiger partial charge in [0.1, 0.15) is 11.5 Å². The van der Waals surface area contributed by atoms with Crippen molar-refractivity contribution in [2.45, 2.75) is 26.2 Å². The van der Waals surface area contributed by atoms with Crippen LogP contribution in [0.3, 0.4) is 0 Å². The molecule has 1 aromatic heterocycles. The average molecular weight is 375 g/mol. The summed E-state index contributed by atoms with van der Waals surface area (Å²) in [5.74, 6) is -0.314. The van der Waals surface area contributed by atoms with Crippen LogP contribution >= 0.6 is 15.9 Å². The maximum absolute atomic E-state index is 12.3. The van der Waals surface area contributed by atoms with Crippen molar-refractivity contribution in [3.05, 3.63) is 57.7 Å². The van der Waals surface area contributed by atoms with Gasteiger partial charge in [0.25, 0.3) is 0 Å². The zero-order chi connectivity index (χ0) is 17.0. The first kappa shape index (κ1) is 16.9. The summed E-state index contributed by atoms with van der Waals surface area (Å²) in [6.45, 7) is 13.0. The van der Waals surface area contributed by atoms with Crippen LogP contribution < -0.4 is 5.43 Å². The normalized spacial score (nSPS) is 11.9. The lowest BCUT2D eigenvalue weighted by molar-refractivity contribution is 0.105. The zero-order valence-electron chi connectivity index (χ0n) is 12.9. The number of rotatable bonds is 4. The number of nitrogens with one attached hydrogen (secondary N) is 1. The Balaban J connectivity index is 2.20. The van der Waals surface area contributed by atoms with Gasteiger partial charge in [0.15, 0.2) is 0 Å². The molecule has 0 unspecified atom stereocenters. The number of ketones is 1. The molecule has 0 spiro atoms. The van der Waals surface area contributed by atoms with Crippen molar-refractivity contribution in [1.29, 1.82) is 0 Å². The van der Waals surface area contributed by atoms with Crippen LogP contribution in [0.5, 0.6) is 0 Å². The smallest absolute Gasteiger partial charge is 0.343 e. The van der Waals surface area contributed by atoms with Gasteiger partial charge in [0.2, 0.25) is 5.78 Å². The molecule has 118 valence electrons. The number of benzene rings is 1. The van der Waals surface area contributed by atoms with Gasteiger partial charge < -0.3 is 9.37 Å². The number of hydrogen-bond donors (Lipinski definition) is 1. The lowest BCUT2D eigenvalue weighted by Crippen LogP contribution is -2.13. The van der Waals surface area contributed by atoms with Gasteiger partial charge >= 0.3 is 5.84 Å². The Morgan fingerprint density at radius 3 is 2.70 bits per heavy atom. The predicted molar refractivity (Wildman–Crippen MR) is 91.3 cm³/mol. The summed E-state index contributed by atoms with van der Waals surface area (Å²) < 4.78 is 6.03. The van der Waals surface area contributed by atoms with Crippen molar-refractivity contribution in [2.24, 2.45) is 5.10 Å².